The molecule has 0 unspecified atom stereocenters. The Morgan fingerprint density at radius 2 is 1.92 bits per heavy atom. The van der Waals surface area contributed by atoms with Crippen LogP contribution in [0.1, 0.15) is 43.7 Å². The Morgan fingerprint density at radius 3 is 2.65 bits per heavy atom. The van der Waals surface area contributed by atoms with Crippen LogP contribution in [-0.4, -0.2) is 47.9 Å². The fourth-order valence-corrected chi connectivity index (χ4v) is 4.03. The average molecular weight is 378 g/mol. The molecule has 1 heterocycles. The molecule has 2 N–H and O–H groups in total. The van der Waals surface area contributed by atoms with Gasteiger partial charge in [-0.15, -0.1) is 0 Å². The molecule has 2 amide bonds. The van der Waals surface area contributed by atoms with Crippen molar-refractivity contribution in [1.29, 1.82) is 0 Å². The van der Waals surface area contributed by atoms with E-state index in [9.17, 15) is 9.59 Å². The Labute approximate surface area is 161 Å². The number of anilines is 1. The second-order valence-electron chi connectivity index (χ2n) is 6.82. The van der Waals surface area contributed by atoms with E-state index in [-0.39, 0.29) is 11.8 Å². The third kappa shape index (κ3) is 7.38. The van der Waals surface area contributed by atoms with Crippen molar-refractivity contribution in [2.24, 2.45) is 0 Å². The molecule has 0 spiro atoms. The molecule has 0 saturated carbocycles. The summed E-state index contributed by atoms with van der Waals surface area (Å²) in [6.07, 6.45) is 3.22. The highest BCUT2D eigenvalue weighted by Crippen LogP contribution is 2.22. The van der Waals surface area contributed by atoms with Crippen LogP contribution in [-0.2, 0) is 16.1 Å². The van der Waals surface area contributed by atoms with Gasteiger partial charge in [-0.3, -0.25) is 14.5 Å². The smallest absolute Gasteiger partial charge is 0.224 e. The summed E-state index contributed by atoms with van der Waals surface area (Å²) in [6.45, 7) is 7.54. The number of nitrogens with zero attached hydrogens (tertiary/aromatic N) is 1. The number of carbonyl (C=O) groups excluding carboxylic acids is 2. The number of thioether (sulfide) groups is 1. The van der Waals surface area contributed by atoms with Crippen molar-refractivity contribution in [1.82, 2.24) is 10.2 Å². The minimum absolute atomic E-state index is 0.00130. The highest BCUT2D eigenvalue weighted by Gasteiger charge is 2.13. The van der Waals surface area contributed by atoms with E-state index >= 15 is 0 Å². The van der Waals surface area contributed by atoms with Crippen LogP contribution in [0.15, 0.2) is 18.2 Å². The number of rotatable bonds is 9. The van der Waals surface area contributed by atoms with Crippen LogP contribution in [0.3, 0.4) is 0 Å². The molecule has 1 aromatic carbocycles. The maximum atomic E-state index is 12.2. The lowest BCUT2D eigenvalue weighted by molar-refractivity contribution is -0.119. The first-order valence-electron chi connectivity index (χ1n) is 9.49. The lowest BCUT2D eigenvalue weighted by atomic mass is 10.1. The normalized spacial score (nSPS) is 14.8. The first-order chi connectivity index (χ1) is 12.6. The second-order valence-corrected chi connectivity index (χ2v) is 8.04. The van der Waals surface area contributed by atoms with Crippen LogP contribution >= 0.6 is 11.8 Å². The van der Waals surface area contributed by atoms with Gasteiger partial charge < -0.3 is 10.6 Å². The molecule has 1 saturated heterocycles. The summed E-state index contributed by atoms with van der Waals surface area (Å²) in [7, 11) is 0. The fourth-order valence-electron chi connectivity index (χ4n) is 3.05. The molecule has 5 nitrogen and oxygen atoms in total. The van der Waals surface area contributed by atoms with Crippen molar-refractivity contribution < 1.29 is 9.59 Å². The zero-order valence-corrected chi connectivity index (χ0v) is 16.8. The van der Waals surface area contributed by atoms with E-state index in [1.807, 2.05) is 23.9 Å². The monoisotopic (exact) mass is 377 g/mol. The van der Waals surface area contributed by atoms with E-state index in [2.05, 4.69) is 28.5 Å². The predicted molar refractivity (Wildman–Crippen MR) is 110 cm³/mol. The third-order valence-corrected chi connectivity index (χ3v) is 5.61. The van der Waals surface area contributed by atoms with Crippen molar-refractivity contribution in [2.45, 2.75) is 46.1 Å². The van der Waals surface area contributed by atoms with Crippen molar-refractivity contribution >= 4 is 29.3 Å². The molecular formula is C20H31N3O2S. The Kier molecular flexibility index (Phi) is 8.98. The van der Waals surface area contributed by atoms with Crippen molar-refractivity contribution in [2.75, 3.05) is 36.5 Å². The van der Waals surface area contributed by atoms with Crippen LogP contribution < -0.4 is 10.6 Å². The summed E-state index contributed by atoms with van der Waals surface area (Å²) < 4.78 is 0. The summed E-state index contributed by atoms with van der Waals surface area (Å²) in [5, 5.41) is 5.84. The van der Waals surface area contributed by atoms with Gasteiger partial charge in [0.1, 0.15) is 0 Å². The van der Waals surface area contributed by atoms with Crippen LogP contribution in [0, 0.1) is 6.92 Å². The summed E-state index contributed by atoms with van der Waals surface area (Å²) in [6, 6.07) is 6.18. The van der Waals surface area contributed by atoms with Gasteiger partial charge in [0, 0.05) is 56.7 Å². The first kappa shape index (κ1) is 20.8. The van der Waals surface area contributed by atoms with Gasteiger partial charge in [0.05, 0.1) is 0 Å². The first-order valence-corrected chi connectivity index (χ1v) is 10.6. The summed E-state index contributed by atoms with van der Waals surface area (Å²) in [5.41, 5.74) is 3.40. The summed E-state index contributed by atoms with van der Waals surface area (Å²) in [5.74, 6) is 2.48. The SMILES string of the molecule is CC(=O)NCCCCCC(=O)Nc1cccc(CN2CCSCC2)c1C. The Morgan fingerprint density at radius 1 is 1.15 bits per heavy atom. The topological polar surface area (TPSA) is 61.4 Å². The predicted octanol–water partition coefficient (Wildman–Crippen LogP) is 3.18. The second kappa shape index (κ2) is 11.2. The highest BCUT2D eigenvalue weighted by atomic mass is 32.2. The van der Waals surface area contributed by atoms with Gasteiger partial charge in [-0.05, 0) is 37.0 Å². The largest absolute Gasteiger partial charge is 0.356 e. The number of nitrogens with one attached hydrogen (secondary N) is 2. The number of carbonyl (C=O) groups is 2. The Hall–Kier alpha value is -1.53. The van der Waals surface area contributed by atoms with E-state index in [0.717, 1.165) is 44.6 Å². The number of hydrogen-bond donors (Lipinski definition) is 2. The molecule has 1 aliphatic heterocycles. The van der Waals surface area contributed by atoms with Gasteiger partial charge in [-0.1, -0.05) is 18.6 Å². The van der Waals surface area contributed by atoms with Crippen LogP contribution in [0.2, 0.25) is 0 Å². The molecule has 6 heteroatoms. The zero-order valence-electron chi connectivity index (χ0n) is 16.0. The van der Waals surface area contributed by atoms with Gasteiger partial charge in [-0.2, -0.15) is 11.8 Å². The maximum Gasteiger partial charge on any atom is 0.224 e. The van der Waals surface area contributed by atoms with Crippen LogP contribution in [0.25, 0.3) is 0 Å². The lowest BCUT2D eigenvalue weighted by Gasteiger charge is -2.27. The minimum atomic E-state index is 0.00130. The number of unbranched alkanes of at least 4 members (excludes halogenated alkanes) is 2. The molecule has 0 atom stereocenters. The molecule has 0 aromatic heterocycles. The van der Waals surface area contributed by atoms with Gasteiger partial charge in [0.15, 0.2) is 0 Å². The molecule has 1 fully saturated rings. The summed E-state index contributed by atoms with van der Waals surface area (Å²) >= 11 is 2.02. The lowest BCUT2D eigenvalue weighted by Crippen LogP contribution is -2.32. The Balaban J connectivity index is 1.76. The molecule has 1 aliphatic rings. The number of hydrogen-bond acceptors (Lipinski definition) is 4. The van der Waals surface area contributed by atoms with Crippen molar-refractivity contribution in [3.63, 3.8) is 0 Å². The molecule has 0 radical (unpaired) electrons. The van der Waals surface area contributed by atoms with E-state index in [4.69, 9.17) is 0 Å². The standard InChI is InChI=1S/C20H31N3O2S/c1-16-18(15-23-11-13-26-14-12-23)7-6-8-19(16)22-20(25)9-4-3-5-10-21-17(2)24/h6-8H,3-5,9-15H2,1-2H3,(H,21,24)(H,22,25). The number of amides is 2. The van der Waals surface area contributed by atoms with Gasteiger partial charge in [0.25, 0.3) is 0 Å². The Bertz CT molecular complexity index is 601. The van der Waals surface area contributed by atoms with Gasteiger partial charge in [-0.25, -0.2) is 0 Å². The highest BCUT2D eigenvalue weighted by molar-refractivity contribution is 7.99. The maximum absolute atomic E-state index is 12.2. The van der Waals surface area contributed by atoms with E-state index in [1.54, 1.807) is 0 Å². The molecule has 1 aromatic rings. The molecular weight excluding hydrogens is 346 g/mol. The molecule has 2 rings (SSSR count). The van der Waals surface area contributed by atoms with Crippen LogP contribution in [0.5, 0.6) is 0 Å². The third-order valence-electron chi connectivity index (χ3n) is 4.67. The van der Waals surface area contributed by atoms with Gasteiger partial charge in [0.2, 0.25) is 11.8 Å². The van der Waals surface area contributed by atoms with Crippen LogP contribution in [0.4, 0.5) is 5.69 Å². The van der Waals surface area contributed by atoms with E-state index in [0.29, 0.717) is 13.0 Å². The van der Waals surface area contributed by atoms with E-state index in [1.165, 1.54) is 29.6 Å². The van der Waals surface area contributed by atoms with Crippen molar-refractivity contribution in [3.05, 3.63) is 29.3 Å². The average Bonchev–Trinajstić information content (AvgIpc) is 2.62. The molecule has 0 bridgehead atoms. The molecule has 0 aliphatic carbocycles. The fraction of sp³-hybridized carbons (Fsp3) is 0.600. The zero-order chi connectivity index (χ0) is 18.8. The summed E-state index contributed by atoms with van der Waals surface area (Å²) in [4.78, 5) is 25.5. The quantitative estimate of drug-likeness (QED) is 0.649. The van der Waals surface area contributed by atoms with Gasteiger partial charge >= 0.3 is 0 Å². The molecule has 144 valence electrons. The van der Waals surface area contributed by atoms with Crippen molar-refractivity contribution in [3.8, 4) is 0 Å². The van der Waals surface area contributed by atoms with E-state index < -0.39 is 0 Å². The minimum Gasteiger partial charge on any atom is -0.356 e. The number of benzene rings is 1. The molecule has 26 heavy (non-hydrogen) atoms.